The first kappa shape index (κ1) is 24.3. The summed E-state index contributed by atoms with van der Waals surface area (Å²) in [6.07, 6.45) is 3.27. The highest BCUT2D eigenvalue weighted by Crippen LogP contribution is 2.37. The summed E-state index contributed by atoms with van der Waals surface area (Å²) in [7, 11) is 0. The van der Waals surface area contributed by atoms with Crippen molar-refractivity contribution in [1.29, 1.82) is 0 Å². The Hall–Kier alpha value is -3.80. The third-order valence-corrected chi connectivity index (χ3v) is 6.72. The number of aryl methyl sites for hydroxylation is 1. The maximum atomic E-state index is 14.1. The number of nitrogens with one attached hydrogen (secondary N) is 2. The second-order valence-electron chi connectivity index (χ2n) is 8.22. The van der Waals surface area contributed by atoms with Gasteiger partial charge in [-0.05, 0) is 37.5 Å². The van der Waals surface area contributed by atoms with E-state index < -0.39 is 24.3 Å². The lowest BCUT2D eigenvalue weighted by Crippen LogP contribution is -2.31. The van der Waals surface area contributed by atoms with E-state index in [-0.39, 0.29) is 22.9 Å². The molecule has 3 aromatic rings. The van der Waals surface area contributed by atoms with Crippen molar-refractivity contribution < 1.29 is 28.2 Å². The van der Waals surface area contributed by atoms with Crippen molar-refractivity contribution in [3.05, 3.63) is 40.8 Å². The molecule has 1 aliphatic rings. The number of anilines is 2. The van der Waals surface area contributed by atoms with Gasteiger partial charge in [0.2, 0.25) is 5.91 Å². The van der Waals surface area contributed by atoms with Crippen molar-refractivity contribution in [3.63, 3.8) is 0 Å². The molecule has 0 radical (unpaired) electrons. The van der Waals surface area contributed by atoms with Gasteiger partial charge in [0.25, 0.3) is 5.91 Å². The Morgan fingerprint density at radius 2 is 2.06 bits per heavy atom. The molecule has 1 aliphatic carbocycles. The van der Waals surface area contributed by atoms with Crippen LogP contribution in [0.25, 0.3) is 10.2 Å². The van der Waals surface area contributed by atoms with Crippen molar-refractivity contribution in [3.8, 4) is 5.75 Å². The maximum Gasteiger partial charge on any atom is 0.349 e. The normalized spacial score (nSPS) is 17.2. The average Bonchev–Trinajstić information content (AvgIpc) is 3.37. The molecular formula is C23H24FN5O5S. The van der Waals surface area contributed by atoms with Crippen LogP contribution in [0.5, 0.6) is 5.75 Å². The van der Waals surface area contributed by atoms with Gasteiger partial charge in [0.1, 0.15) is 39.5 Å². The number of rotatable bonds is 8. The third-order valence-electron chi connectivity index (χ3n) is 5.54. The number of fused-ring (bicyclic) bond motifs is 1. The molecule has 1 saturated carbocycles. The van der Waals surface area contributed by atoms with Crippen LogP contribution in [-0.2, 0) is 14.3 Å². The van der Waals surface area contributed by atoms with Gasteiger partial charge in [0.15, 0.2) is 6.61 Å². The average molecular weight is 502 g/mol. The zero-order valence-electron chi connectivity index (χ0n) is 19.1. The highest BCUT2D eigenvalue weighted by Gasteiger charge is 2.28. The number of hydrogen-bond donors (Lipinski definition) is 3. The largest absolute Gasteiger partial charge is 0.488 e. The Morgan fingerprint density at radius 1 is 1.26 bits per heavy atom. The summed E-state index contributed by atoms with van der Waals surface area (Å²) >= 11 is 1.10. The minimum absolute atomic E-state index is 0.0187. The number of hydrogen-bond acceptors (Lipinski definition) is 9. The summed E-state index contributed by atoms with van der Waals surface area (Å²) in [4.78, 5) is 44.1. The van der Waals surface area contributed by atoms with Gasteiger partial charge in [0, 0.05) is 25.5 Å². The zero-order valence-corrected chi connectivity index (χ0v) is 19.9. The Kier molecular flexibility index (Phi) is 7.10. The van der Waals surface area contributed by atoms with Gasteiger partial charge < -0.3 is 25.8 Å². The summed E-state index contributed by atoms with van der Waals surface area (Å²) < 4.78 is 25.1. The quantitative estimate of drug-likeness (QED) is 0.400. The molecular weight excluding hydrogens is 477 g/mol. The van der Waals surface area contributed by atoms with E-state index in [0.29, 0.717) is 39.5 Å². The van der Waals surface area contributed by atoms with Gasteiger partial charge >= 0.3 is 5.97 Å². The Morgan fingerprint density at radius 3 is 2.80 bits per heavy atom. The van der Waals surface area contributed by atoms with Crippen LogP contribution in [0.4, 0.5) is 15.9 Å². The molecule has 0 saturated heterocycles. The fourth-order valence-electron chi connectivity index (χ4n) is 4.03. The van der Waals surface area contributed by atoms with Crippen molar-refractivity contribution in [2.45, 2.75) is 45.3 Å². The molecule has 2 heterocycles. The molecule has 0 spiro atoms. The van der Waals surface area contributed by atoms with Gasteiger partial charge in [-0.3, -0.25) is 9.59 Å². The predicted molar refractivity (Wildman–Crippen MR) is 127 cm³/mol. The first-order valence-corrected chi connectivity index (χ1v) is 11.7. The number of amides is 2. The molecule has 0 unspecified atom stereocenters. The van der Waals surface area contributed by atoms with Gasteiger partial charge in [-0.15, -0.1) is 11.3 Å². The smallest absolute Gasteiger partial charge is 0.349 e. The maximum absolute atomic E-state index is 14.1. The van der Waals surface area contributed by atoms with E-state index in [1.807, 2.05) is 0 Å². The van der Waals surface area contributed by atoms with Crippen molar-refractivity contribution >= 4 is 50.8 Å². The molecule has 12 heteroatoms. The molecule has 184 valence electrons. The minimum Gasteiger partial charge on any atom is -0.488 e. The number of nitrogens with zero attached hydrogens (tertiary/aromatic N) is 2. The van der Waals surface area contributed by atoms with Crippen molar-refractivity contribution in [1.82, 2.24) is 15.3 Å². The standard InChI is InChI=1S/C23H24FN5O5S/c1-11-19-21(26-10-27-22(19)35-20(11)23(32)33-9-18(25)31)29-16-6-3-13(24)7-17(16)34-15-5-4-14(8-15)28-12(2)30/h3,6-7,10,14-15H,4-5,8-9H2,1-2H3,(H2,25,31)(H,28,30)(H,26,27,29)/t14-,15-/m0/s1. The van der Waals surface area contributed by atoms with Crippen LogP contribution in [-0.4, -0.2) is 46.5 Å². The molecule has 2 atom stereocenters. The van der Waals surface area contributed by atoms with Crippen LogP contribution in [0.1, 0.15) is 41.4 Å². The Balaban J connectivity index is 1.59. The third kappa shape index (κ3) is 5.65. The van der Waals surface area contributed by atoms with Crippen molar-refractivity contribution in [2.24, 2.45) is 5.73 Å². The molecule has 0 aliphatic heterocycles. The topological polar surface area (TPSA) is 146 Å². The van der Waals surface area contributed by atoms with E-state index in [2.05, 4.69) is 20.6 Å². The number of ether oxygens (including phenoxy) is 2. The zero-order chi connectivity index (χ0) is 25.1. The second-order valence-corrected chi connectivity index (χ2v) is 9.22. The van der Waals surface area contributed by atoms with Crippen LogP contribution in [0, 0.1) is 12.7 Å². The fraction of sp³-hybridized carbons (Fsp3) is 0.348. The number of nitrogens with two attached hydrogens (primary N) is 1. The second kappa shape index (κ2) is 10.2. The molecule has 0 bridgehead atoms. The number of aromatic nitrogens is 2. The molecule has 2 amide bonds. The highest BCUT2D eigenvalue weighted by molar-refractivity contribution is 7.20. The molecule has 4 N–H and O–H groups in total. The summed E-state index contributed by atoms with van der Waals surface area (Å²) in [6, 6.07) is 4.16. The minimum atomic E-state index is -0.756. The number of esters is 1. The van der Waals surface area contributed by atoms with E-state index in [0.717, 1.165) is 24.2 Å². The van der Waals surface area contributed by atoms with E-state index >= 15 is 0 Å². The van der Waals surface area contributed by atoms with E-state index in [9.17, 15) is 18.8 Å². The number of benzene rings is 1. The highest BCUT2D eigenvalue weighted by atomic mass is 32.1. The van der Waals surface area contributed by atoms with Crippen molar-refractivity contribution in [2.75, 3.05) is 11.9 Å². The van der Waals surface area contributed by atoms with Gasteiger partial charge in [-0.1, -0.05) is 0 Å². The molecule has 10 nitrogen and oxygen atoms in total. The number of thiophene rings is 1. The van der Waals surface area contributed by atoms with Gasteiger partial charge in [-0.2, -0.15) is 0 Å². The molecule has 1 aromatic carbocycles. The monoisotopic (exact) mass is 501 g/mol. The van der Waals surface area contributed by atoms with E-state index in [4.69, 9.17) is 15.2 Å². The lowest BCUT2D eigenvalue weighted by Gasteiger charge is -2.18. The lowest BCUT2D eigenvalue weighted by molar-refractivity contribution is -0.121. The Labute approximate surface area is 204 Å². The molecule has 1 fully saturated rings. The van der Waals surface area contributed by atoms with Gasteiger partial charge in [-0.25, -0.2) is 19.2 Å². The van der Waals surface area contributed by atoms with Crippen LogP contribution >= 0.6 is 11.3 Å². The summed E-state index contributed by atoms with van der Waals surface area (Å²) in [5.74, 6) is -1.29. The number of primary amides is 1. The lowest BCUT2D eigenvalue weighted by atomic mass is 10.2. The van der Waals surface area contributed by atoms with Crippen LogP contribution in [0.2, 0.25) is 0 Å². The first-order chi connectivity index (χ1) is 16.7. The van der Waals surface area contributed by atoms with E-state index in [1.165, 1.54) is 25.4 Å². The molecule has 35 heavy (non-hydrogen) atoms. The summed E-state index contributed by atoms with van der Waals surface area (Å²) in [6.45, 7) is 2.67. The number of halogens is 1. The van der Waals surface area contributed by atoms with E-state index in [1.54, 1.807) is 13.0 Å². The summed E-state index contributed by atoms with van der Waals surface area (Å²) in [5.41, 5.74) is 6.11. The predicted octanol–water partition coefficient (Wildman–Crippen LogP) is 2.96. The fourth-order valence-corrected chi connectivity index (χ4v) is 5.08. The Bertz CT molecular complexity index is 1300. The number of carbonyl (C=O) groups excluding carboxylic acids is 3. The summed E-state index contributed by atoms with van der Waals surface area (Å²) in [5, 5.41) is 6.65. The number of carbonyl (C=O) groups is 3. The van der Waals surface area contributed by atoms with Gasteiger partial charge in [0.05, 0.1) is 11.1 Å². The van der Waals surface area contributed by atoms with Crippen LogP contribution in [0.3, 0.4) is 0 Å². The SMILES string of the molecule is CC(=O)N[C@H]1CC[C@H](Oc2cc(F)ccc2Nc2ncnc3sc(C(=O)OCC(N)=O)c(C)c23)C1. The molecule has 2 aromatic heterocycles. The van der Waals surface area contributed by atoms with Crippen LogP contribution in [0.15, 0.2) is 24.5 Å². The first-order valence-electron chi connectivity index (χ1n) is 10.9. The molecule has 4 rings (SSSR count). The van der Waals surface area contributed by atoms with Crippen LogP contribution < -0.4 is 21.1 Å².